The number of nitrogens with one attached hydrogen (secondary N) is 1. The number of aromatic nitrogens is 1. The highest BCUT2D eigenvalue weighted by Crippen LogP contribution is 2.22. The number of nitrogens with zero attached hydrogens (tertiary/aromatic N) is 2. The van der Waals surface area contributed by atoms with Gasteiger partial charge in [0.05, 0.1) is 18.0 Å². The van der Waals surface area contributed by atoms with Crippen molar-refractivity contribution in [2.45, 2.75) is 6.04 Å². The number of benzene rings is 1. The van der Waals surface area contributed by atoms with Gasteiger partial charge in [0.2, 0.25) is 0 Å². The zero-order valence-electron chi connectivity index (χ0n) is 9.27. The van der Waals surface area contributed by atoms with E-state index in [0.717, 1.165) is 4.47 Å². The first-order valence-electron chi connectivity index (χ1n) is 5.22. The summed E-state index contributed by atoms with van der Waals surface area (Å²) in [6, 6.07) is 9.27. The summed E-state index contributed by atoms with van der Waals surface area (Å²) >= 11 is 3.29. The third kappa shape index (κ3) is 2.84. The summed E-state index contributed by atoms with van der Waals surface area (Å²) in [5, 5.41) is 12.1. The van der Waals surface area contributed by atoms with Gasteiger partial charge in [0, 0.05) is 16.2 Å². The van der Waals surface area contributed by atoms with Crippen LogP contribution in [-0.2, 0) is 0 Å². The molecule has 3 nitrogen and oxygen atoms in total. The van der Waals surface area contributed by atoms with Gasteiger partial charge in [-0.25, -0.2) is 4.39 Å². The summed E-state index contributed by atoms with van der Waals surface area (Å²) in [5.41, 5.74) is 0.971. The third-order valence-electron chi connectivity index (χ3n) is 2.36. The Labute approximate surface area is 112 Å². The summed E-state index contributed by atoms with van der Waals surface area (Å²) < 4.78 is 14.4. The Morgan fingerprint density at radius 2 is 2.11 bits per heavy atom. The third-order valence-corrected chi connectivity index (χ3v) is 2.79. The number of hydrogen-bond donors (Lipinski definition) is 1. The van der Waals surface area contributed by atoms with Gasteiger partial charge in [0.1, 0.15) is 11.9 Å². The predicted octanol–water partition coefficient (Wildman–Crippen LogP) is 3.66. The van der Waals surface area contributed by atoms with E-state index in [9.17, 15) is 4.39 Å². The molecule has 1 aromatic carbocycles. The largest absolute Gasteiger partial charge is 0.365 e. The van der Waals surface area contributed by atoms with Gasteiger partial charge in [-0.05, 0) is 28.1 Å². The fourth-order valence-corrected chi connectivity index (χ4v) is 1.91. The van der Waals surface area contributed by atoms with Crippen molar-refractivity contribution in [3.05, 3.63) is 58.6 Å². The maximum absolute atomic E-state index is 13.6. The lowest BCUT2D eigenvalue weighted by molar-refractivity contribution is 0.607. The molecule has 2 rings (SSSR count). The zero-order chi connectivity index (χ0) is 13.0. The molecule has 0 spiro atoms. The van der Waals surface area contributed by atoms with Gasteiger partial charge in [0.15, 0.2) is 0 Å². The standard InChI is InChI=1S/C13H9BrFN3/c14-9-5-10(8-17-7-9)18-13(6-16)11-3-1-2-4-12(11)15/h1-5,7-8,13,18H. The SMILES string of the molecule is N#CC(Nc1cncc(Br)c1)c1ccccc1F. The Morgan fingerprint density at radius 1 is 1.33 bits per heavy atom. The summed E-state index contributed by atoms with van der Waals surface area (Å²) in [5.74, 6) is -0.403. The van der Waals surface area contributed by atoms with Gasteiger partial charge >= 0.3 is 0 Å². The highest BCUT2D eigenvalue weighted by Gasteiger charge is 2.14. The molecule has 0 aliphatic rings. The first-order valence-corrected chi connectivity index (χ1v) is 6.01. The second kappa shape index (κ2) is 5.61. The number of rotatable bonds is 3. The fraction of sp³-hybridized carbons (Fsp3) is 0.0769. The molecule has 1 heterocycles. The second-order valence-electron chi connectivity index (χ2n) is 3.62. The monoisotopic (exact) mass is 305 g/mol. The first kappa shape index (κ1) is 12.5. The van der Waals surface area contributed by atoms with E-state index in [4.69, 9.17) is 5.26 Å². The molecular formula is C13H9BrFN3. The molecule has 0 aliphatic heterocycles. The number of nitriles is 1. The molecule has 1 atom stereocenters. The van der Waals surface area contributed by atoms with Crippen LogP contribution in [0, 0.1) is 17.1 Å². The predicted molar refractivity (Wildman–Crippen MR) is 70.3 cm³/mol. The van der Waals surface area contributed by atoms with Crippen LogP contribution in [0.25, 0.3) is 0 Å². The van der Waals surface area contributed by atoms with Crippen molar-refractivity contribution >= 4 is 21.6 Å². The molecule has 5 heteroatoms. The summed E-state index contributed by atoms with van der Waals surface area (Å²) in [7, 11) is 0. The smallest absolute Gasteiger partial charge is 0.143 e. The molecule has 1 aromatic heterocycles. The molecule has 0 saturated carbocycles. The fourth-order valence-electron chi connectivity index (χ4n) is 1.55. The van der Waals surface area contributed by atoms with E-state index in [1.165, 1.54) is 6.07 Å². The van der Waals surface area contributed by atoms with E-state index >= 15 is 0 Å². The molecule has 0 amide bonds. The van der Waals surface area contributed by atoms with Gasteiger partial charge < -0.3 is 5.32 Å². The summed E-state index contributed by atoms with van der Waals surface area (Å²) in [4.78, 5) is 3.98. The molecule has 1 unspecified atom stereocenters. The molecular weight excluding hydrogens is 297 g/mol. The summed E-state index contributed by atoms with van der Waals surface area (Å²) in [6.45, 7) is 0. The quantitative estimate of drug-likeness (QED) is 0.941. The van der Waals surface area contributed by atoms with Crippen LogP contribution in [0.2, 0.25) is 0 Å². The lowest BCUT2D eigenvalue weighted by atomic mass is 10.1. The second-order valence-corrected chi connectivity index (χ2v) is 4.54. The number of anilines is 1. The van der Waals surface area contributed by atoms with E-state index in [1.807, 2.05) is 6.07 Å². The highest BCUT2D eigenvalue weighted by molar-refractivity contribution is 9.10. The summed E-state index contributed by atoms with van der Waals surface area (Å²) in [6.07, 6.45) is 3.21. The van der Waals surface area contributed by atoms with Crippen LogP contribution in [0.1, 0.15) is 11.6 Å². The van der Waals surface area contributed by atoms with E-state index < -0.39 is 11.9 Å². The number of hydrogen-bond acceptors (Lipinski definition) is 3. The maximum Gasteiger partial charge on any atom is 0.143 e. The van der Waals surface area contributed by atoms with Crippen LogP contribution < -0.4 is 5.32 Å². The van der Waals surface area contributed by atoms with Crippen LogP contribution in [0.3, 0.4) is 0 Å². The van der Waals surface area contributed by atoms with Crippen LogP contribution in [0.4, 0.5) is 10.1 Å². The van der Waals surface area contributed by atoms with Crippen LogP contribution >= 0.6 is 15.9 Å². The van der Waals surface area contributed by atoms with Crippen LogP contribution in [0.5, 0.6) is 0 Å². The van der Waals surface area contributed by atoms with Crippen LogP contribution in [0.15, 0.2) is 47.2 Å². The molecule has 2 aromatic rings. The van der Waals surface area contributed by atoms with Crippen molar-refractivity contribution in [2.24, 2.45) is 0 Å². The molecule has 0 saturated heterocycles. The van der Waals surface area contributed by atoms with Crippen molar-refractivity contribution in [1.29, 1.82) is 5.26 Å². The number of pyridine rings is 1. The van der Waals surface area contributed by atoms with Crippen molar-refractivity contribution in [2.75, 3.05) is 5.32 Å². The van der Waals surface area contributed by atoms with Gasteiger partial charge in [-0.1, -0.05) is 18.2 Å². The highest BCUT2D eigenvalue weighted by atomic mass is 79.9. The lowest BCUT2D eigenvalue weighted by Gasteiger charge is -2.13. The van der Waals surface area contributed by atoms with E-state index in [0.29, 0.717) is 11.3 Å². The molecule has 0 bridgehead atoms. The van der Waals surface area contributed by atoms with Crippen molar-refractivity contribution in [3.8, 4) is 6.07 Å². The Kier molecular flexibility index (Phi) is 3.90. The Balaban J connectivity index is 2.26. The molecule has 0 aliphatic carbocycles. The first-order chi connectivity index (χ1) is 8.70. The lowest BCUT2D eigenvalue weighted by Crippen LogP contribution is -2.10. The topological polar surface area (TPSA) is 48.7 Å². The van der Waals surface area contributed by atoms with Gasteiger partial charge in [-0.2, -0.15) is 5.26 Å². The molecule has 1 N–H and O–H groups in total. The Bertz CT molecular complexity index is 595. The molecule has 90 valence electrons. The minimum atomic E-state index is -0.748. The minimum Gasteiger partial charge on any atom is -0.365 e. The Morgan fingerprint density at radius 3 is 2.78 bits per heavy atom. The average molecular weight is 306 g/mol. The maximum atomic E-state index is 13.6. The van der Waals surface area contributed by atoms with E-state index in [2.05, 4.69) is 26.2 Å². The van der Waals surface area contributed by atoms with Gasteiger partial charge in [-0.15, -0.1) is 0 Å². The molecule has 0 fully saturated rings. The van der Waals surface area contributed by atoms with Crippen molar-refractivity contribution < 1.29 is 4.39 Å². The zero-order valence-corrected chi connectivity index (χ0v) is 10.9. The van der Waals surface area contributed by atoms with E-state index in [-0.39, 0.29) is 0 Å². The van der Waals surface area contributed by atoms with Gasteiger partial charge in [-0.3, -0.25) is 4.98 Å². The van der Waals surface area contributed by atoms with Crippen molar-refractivity contribution in [1.82, 2.24) is 4.98 Å². The van der Waals surface area contributed by atoms with Gasteiger partial charge in [0.25, 0.3) is 0 Å². The molecule has 0 radical (unpaired) electrons. The minimum absolute atomic E-state index is 0.319. The van der Waals surface area contributed by atoms with E-state index in [1.54, 1.807) is 36.7 Å². The Hall–Kier alpha value is -1.93. The number of halogens is 2. The van der Waals surface area contributed by atoms with Crippen molar-refractivity contribution in [3.63, 3.8) is 0 Å². The molecule has 18 heavy (non-hydrogen) atoms. The average Bonchev–Trinajstić information content (AvgIpc) is 2.37. The van der Waals surface area contributed by atoms with Crippen LogP contribution in [-0.4, -0.2) is 4.98 Å². The normalized spacial score (nSPS) is 11.6.